The van der Waals surface area contributed by atoms with Crippen molar-refractivity contribution in [1.29, 1.82) is 0 Å². The first-order valence-electron chi connectivity index (χ1n) is 9.93. The van der Waals surface area contributed by atoms with Gasteiger partial charge in [-0.1, -0.05) is 0 Å². The minimum Gasteiger partial charge on any atom is -0.464 e. The molecule has 12 heteroatoms. The Morgan fingerprint density at radius 2 is 2.16 bits per heavy atom. The molecule has 170 valence electrons. The average Bonchev–Trinajstić information content (AvgIpc) is 3.27. The van der Waals surface area contributed by atoms with E-state index in [4.69, 9.17) is 15.2 Å². The summed E-state index contributed by atoms with van der Waals surface area (Å²) in [6, 6.07) is 1.00. The van der Waals surface area contributed by atoms with Crippen molar-refractivity contribution in [3.63, 3.8) is 0 Å². The number of ether oxygens (including phenoxy) is 2. The number of aliphatic hydroxyl groups excluding tert-OH is 2. The van der Waals surface area contributed by atoms with Gasteiger partial charge in [0.2, 0.25) is 5.91 Å². The van der Waals surface area contributed by atoms with Gasteiger partial charge >= 0.3 is 5.97 Å². The number of esters is 1. The third kappa shape index (κ3) is 5.26. The largest absolute Gasteiger partial charge is 0.464 e. The van der Waals surface area contributed by atoms with E-state index in [0.29, 0.717) is 34.8 Å². The minimum absolute atomic E-state index is 0.230. The van der Waals surface area contributed by atoms with Crippen molar-refractivity contribution in [3.05, 3.63) is 18.6 Å². The Morgan fingerprint density at radius 3 is 2.87 bits per heavy atom. The van der Waals surface area contributed by atoms with E-state index in [1.165, 1.54) is 25.0 Å². The predicted molar refractivity (Wildman–Crippen MR) is 114 cm³/mol. The lowest BCUT2D eigenvalue weighted by molar-refractivity contribution is -0.147. The third-order valence-electron chi connectivity index (χ3n) is 4.93. The molecule has 1 amide bonds. The van der Waals surface area contributed by atoms with Gasteiger partial charge in [-0.2, -0.15) is 11.8 Å². The summed E-state index contributed by atoms with van der Waals surface area (Å²) in [6.45, 7) is 3.27. The number of thioether (sulfide) groups is 1. The number of hydrogen-bond donors (Lipinski definition) is 4. The molecule has 1 fully saturated rings. The van der Waals surface area contributed by atoms with Crippen LogP contribution in [0.3, 0.4) is 0 Å². The summed E-state index contributed by atoms with van der Waals surface area (Å²) in [5.41, 5.74) is 6.36. The van der Waals surface area contributed by atoms with E-state index >= 15 is 0 Å². The van der Waals surface area contributed by atoms with Gasteiger partial charge in [-0.15, -0.1) is 0 Å². The first-order valence-corrected chi connectivity index (χ1v) is 11.1. The highest BCUT2D eigenvalue weighted by atomic mass is 32.2. The van der Waals surface area contributed by atoms with Gasteiger partial charge in [0.1, 0.15) is 36.0 Å². The standard InChI is InChI=1S/C19H27N5O6S/c1-3-29-19(28)12(23-10(2)25)5-7-31-8-13-14(26)15(27)18(30-13)24-6-4-11-16(20)21-9-22-17(11)24/h4,6,9,12-15,18,26-27H,3,5,7-8H2,1-2H3,(H,23,25)(H2,20,21,22)/t12?,13-,14-,15-,18-/m1/s1. The summed E-state index contributed by atoms with van der Waals surface area (Å²) in [6.07, 6.45) is -0.301. The lowest BCUT2D eigenvalue weighted by atomic mass is 10.1. The number of carbonyl (C=O) groups excluding carboxylic acids is 2. The summed E-state index contributed by atoms with van der Waals surface area (Å²) >= 11 is 1.44. The van der Waals surface area contributed by atoms with Crippen LogP contribution >= 0.6 is 11.8 Å². The van der Waals surface area contributed by atoms with Crippen LogP contribution in [-0.2, 0) is 19.1 Å². The Balaban J connectivity index is 1.57. The van der Waals surface area contributed by atoms with Crippen molar-refractivity contribution in [1.82, 2.24) is 19.9 Å². The number of aliphatic hydroxyl groups is 2. The second kappa shape index (κ2) is 10.3. The van der Waals surface area contributed by atoms with Gasteiger partial charge in [-0.25, -0.2) is 14.8 Å². The van der Waals surface area contributed by atoms with Gasteiger partial charge in [0.05, 0.1) is 18.1 Å². The summed E-state index contributed by atoms with van der Waals surface area (Å²) in [7, 11) is 0. The molecule has 5 atom stereocenters. The van der Waals surface area contributed by atoms with Crippen molar-refractivity contribution in [2.45, 2.75) is 50.8 Å². The van der Waals surface area contributed by atoms with Crippen molar-refractivity contribution in [2.75, 3.05) is 23.8 Å². The molecule has 0 aromatic carbocycles. The fraction of sp³-hybridized carbons (Fsp3) is 0.579. The topological polar surface area (TPSA) is 162 Å². The van der Waals surface area contributed by atoms with Crippen molar-refractivity contribution in [3.8, 4) is 0 Å². The number of amides is 1. The molecule has 3 rings (SSSR count). The van der Waals surface area contributed by atoms with Gasteiger partial charge in [-0.3, -0.25) is 4.79 Å². The lowest BCUT2D eigenvalue weighted by Gasteiger charge is -2.18. The second-order valence-electron chi connectivity index (χ2n) is 7.13. The maximum absolute atomic E-state index is 12.0. The molecule has 2 aromatic rings. The van der Waals surface area contributed by atoms with Crippen LogP contribution in [0.25, 0.3) is 11.0 Å². The van der Waals surface area contributed by atoms with Crippen LogP contribution in [0, 0.1) is 0 Å². The number of carbonyl (C=O) groups is 2. The zero-order valence-electron chi connectivity index (χ0n) is 17.3. The second-order valence-corrected chi connectivity index (χ2v) is 8.28. The number of nitrogens with two attached hydrogens (primary N) is 1. The van der Waals surface area contributed by atoms with Crippen molar-refractivity contribution >= 4 is 40.5 Å². The van der Waals surface area contributed by atoms with E-state index in [0.717, 1.165) is 0 Å². The Bertz CT molecular complexity index is 924. The minimum atomic E-state index is -1.15. The number of nitrogens with one attached hydrogen (secondary N) is 1. The van der Waals surface area contributed by atoms with Gasteiger partial charge in [0.15, 0.2) is 6.23 Å². The molecule has 0 spiro atoms. The van der Waals surface area contributed by atoms with E-state index in [2.05, 4.69) is 15.3 Å². The van der Waals surface area contributed by atoms with E-state index in [1.54, 1.807) is 23.8 Å². The van der Waals surface area contributed by atoms with E-state index in [1.807, 2.05) is 0 Å². The average molecular weight is 454 g/mol. The highest BCUT2D eigenvalue weighted by Gasteiger charge is 2.44. The van der Waals surface area contributed by atoms with Crippen LogP contribution in [0.4, 0.5) is 5.82 Å². The summed E-state index contributed by atoms with van der Waals surface area (Å²) < 4.78 is 12.5. The number of nitrogen functional groups attached to an aromatic ring is 1. The fourth-order valence-corrected chi connectivity index (χ4v) is 4.51. The Hall–Kier alpha value is -2.41. The number of rotatable bonds is 9. The van der Waals surface area contributed by atoms with Crippen LogP contribution < -0.4 is 11.1 Å². The summed E-state index contributed by atoms with van der Waals surface area (Å²) in [5, 5.41) is 24.2. The normalized spacial score (nSPS) is 24.3. The van der Waals surface area contributed by atoms with Gasteiger partial charge in [-0.05, 0) is 25.2 Å². The quantitative estimate of drug-likeness (QED) is 0.296. The maximum atomic E-state index is 12.0. The molecule has 11 nitrogen and oxygen atoms in total. The predicted octanol–water partition coefficient (Wildman–Crippen LogP) is -0.176. The summed E-state index contributed by atoms with van der Waals surface area (Å²) in [4.78, 5) is 31.4. The van der Waals surface area contributed by atoms with E-state index in [9.17, 15) is 19.8 Å². The molecule has 1 aliphatic heterocycles. The molecule has 0 saturated carbocycles. The molecule has 3 heterocycles. The molecule has 1 unspecified atom stereocenters. The first kappa shape index (κ1) is 23.3. The highest BCUT2D eigenvalue weighted by molar-refractivity contribution is 7.99. The monoisotopic (exact) mass is 453 g/mol. The van der Waals surface area contributed by atoms with Crippen LogP contribution in [-0.4, -0.2) is 79.1 Å². The van der Waals surface area contributed by atoms with Crippen LogP contribution in [0.1, 0.15) is 26.5 Å². The fourth-order valence-electron chi connectivity index (χ4n) is 3.43. The molecule has 5 N–H and O–H groups in total. The molecule has 0 radical (unpaired) electrons. The summed E-state index contributed by atoms with van der Waals surface area (Å²) in [5.74, 6) is 0.436. The lowest BCUT2D eigenvalue weighted by Crippen LogP contribution is -2.41. The number of anilines is 1. The van der Waals surface area contributed by atoms with Crippen LogP contribution in [0.15, 0.2) is 18.6 Å². The zero-order valence-corrected chi connectivity index (χ0v) is 18.1. The smallest absolute Gasteiger partial charge is 0.328 e. The van der Waals surface area contributed by atoms with Gasteiger partial charge < -0.3 is 35.3 Å². The number of aromatic nitrogens is 3. The molecule has 0 aliphatic carbocycles. The molecule has 1 aliphatic rings. The van der Waals surface area contributed by atoms with Crippen molar-refractivity contribution < 1.29 is 29.3 Å². The molecule has 31 heavy (non-hydrogen) atoms. The molecule has 2 aromatic heterocycles. The molecular weight excluding hydrogens is 426 g/mol. The van der Waals surface area contributed by atoms with Crippen LogP contribution in [0.5, 0.6) is 0 Å². The molecule has 0 bridgehead atoms. The SMILES string of the molecule is CCOC(=O)C(CCSC[C@H]1O[C@@H](n2ccc3c(N)ncnc32)[C@H](O)[C@@H]1O)NC(C)=O. The Morgan fingerprint density at radius 1 is 1.39 bits per heavy atom. The zero-order chi connectivity index (χ0) is 22.5. The van der Waals surface area contributed by atoms with E-state index in [-0.39, 0.29) is 12.5 Å². The van der Waals surface area contributed by atoms with Crippen molar-refractivity contribution in [2.24, 2.45) is 0 Å². The Labute approximate surface area is 183 Å². The van der Waals surface area contributed by atoms with E-state index < -0.39 is 36.6 Å². The molecule has 1 saturated heterocycles. The third-order valence-corrected chi connectivity index (χ3v) is 6.02. The van der Waals surface area contributed by atoms with Gasteiger partial charge in [0.25, 0.3) is 0 Å². The maximum Gasteiger partial charge on any atom is 0.328 e. The van der Waals surface area contributed by atoms with Gasteiger partial charge in [0, 0.05) is 18.9 Å². The van der Waals surface area contributed by atoms with Crippen LogP contribution in [0.2, 0.25) is 0 Å². The number of hydrogen-bond acceptors (Lipinski definition) is 10. The molecular formula is C19H27N5O6S. The first-order chi connectivity index (χ1) is 14.8. The number of nitrogens with zero attached hydrogens (tertiary/aromatic N) is 3. The number of fused-ring (bicyclic) bond motifs is 1. The Kier molecular flexibility index (Phi) is 7.70. The highest BCUT2D eigenvalue weighted by Crippen LogP contribution is 2.34.